The molecule has 2 heterocycles. The van der Waals surface area contributed by atoms with Crippen molar-refractivity contribution in [1.29, 1.82) is 0 Å². The minimum absolute atomic E-state index is 0.0580. The fourth-order valence-electron chi connectivity index (χ4n) is 2.87. The van der Waals surface area contributed by atoms with Crippen molar-refractivity contribution in [3.05, 3.63) is 47.8 Å². The molecule has 1 N–H and O–H groups in total. The Balaban J connectivity index is 1.66. The number of carbonyl (C=O) groups is 1. The molecule has 0 bridgehead atoms. The quantitative estimate of drug-likeness (QED) is 0.764. The summed E-state index contributed by atoms with van der Waals surface area (Å²) in [7, 11) is 0. The van der Waals surface area contributed by atoms with Gasteiger partial charge in [0, 0.05) is 5.92 Å². The number of anilines is 1. The first kappa shape index (κ1) is 17.3. The predicted octanol–water partition coefficient (Wildman–Crippen LogP) is 2.88. The summed E-state index contributed by atoms with van der Waals surface area (Å²) in [6.45, 7) is 5.94. The molecule has 27 heavy (non-hydrogen) atoms. The van der Waals surface area contributed by atoms with E-state index in [2.05, 4.69) is 25.9 Å². The molecule has 0 atom stereocenters. The van der Waals surface area contributed by atoms with Crippen molar-refractivity contribution in [2.75, 3.05) is 5.32 Å². The minimum Gasteiger partial charge on any atom is -0.318 e. The Labute approximate surface area is 155 Å². The fraction of sp³-hybridized carbons (Fsp3) is 0.389. The van der Waals surface area contributed by atoms with Gasteiger partial charge in [0.05, 0.1) is 22.6 Å². The number of benzene rings is 1. The van der Waals surface area contributed by atoms with Crippen LogP contribution < -0.4 is 5.32 Å². The van der Waals surface area contributed by atoms with Gasteiger partial charge in [0.15, 0.2) is 0 Å². The van der Waals surface area contributed by atoms with Crippen LogP contribution in [0.2, 0.25) is 0 Å². The summed E-state index contributed by atoms with van der Waals surface area (Å²) in [5.41, 5.74) is 1.56. The molecule has 140 valence electrons. The van der Waals surface area contributed by atoms with E-state index < -0.39 is 11.7 Å². The number of halogens is 1. The monoisotopic (exact) mass is 369 g/mol. The van der Waals surface area contributed by atoms with Gasteiger partial charge in [-0.3, -0.25) is 9.48 Å². The van der Waals surface area contributed by atoms with Gasteiger partial charge < -0.3 is 5.32 Å². The summed E-state index contributed by atoms with van der Waals surface area (Å²) in [5, 5.41) is 18.2. The number of carbonyl (C=O) groups excluding carboxylic acids is 1. The highest BCUT2D eigenvalue weighted by molar-refractivity contribution is 6.03. The highest BCUT2D eigenvalue weighted by Crippen LogP contribution is 2.40. The van der Waals surface area contributed by atoms with Crippen molar-refractivity contribution in [1.82, 2.24) is 30.0 Å². The van der Waals surface area contributed by atoms with Crippen molar-refractivity contribution < 1.29 is 9.18 Å². The Bertz CT molecular complexity index is 984. The molecule has 8 nitrogen and oxygen atoms in total. The zero-order chi connectivity index (χ0) is 19.2. The molecule has 1 fully saturated rings. The van der Waals surface area contributed by atoms with E-state index in [4.69, 9.17) is 0 Å². The van der Waals surface area contributed by atoms with Crippen molar-refractivity contribution in [2.24, 2.45) is 0 Å². The van der Waals surface area contributed by atoms with E-state index in [0.29, 0.717) is 17.3 Å². The molecule has 1 amide bonds. The highest BCUT2D eigenvalue weighted by Gasteiger charge is 2.31. The number of hydrogen-bond donors (Lipinski definition) is 1. The van der Waals surface area contributed by atoms with Crippen molar-refractivity contribution in [3.63, 3.8) is 0 Å². The third-order valence-electron chi connectivity index (χ3n) is 4.40. The van der Waals surface area contributed by atoms with Crippen LogP contribution in [0.25, 0.3) is 5.69 Å². The highest BCUT2D eigenvalue weighted by atomic mass is 19.1. The molecule has 1 aromatic carbocycles. The molecule has 0 unspecified atom stereocenters. The van der Waals surface area contributed by atoms with Gasteiger partial charge in [-0.05, 0) is 68.3 Å². The Morgan fingerprint density at radius 3 is 2.67 bits per heavy atom. The topological polar surface area (TPSA) is 90.5 Å². The van der Waals surface area contributed by atoms with E-state index >= 15 is 0 Å². The van der Waals surface area contributed by atoms with Gasteiger partial charge in [-0.25, -0.2) is 9.07 Å². The van der Waals surface area contributed by atoms with Gasteiger partial charge in [-0.15, -0.1) is 5.10 Å². The van der Waals surface area contributed by atoms with Crippen molar-refractivity contribution in [3.8, 4) is 5.69 Å². The Kier molecular flexibility index (Phi) is 4.01. The van der Waals surface area contributed by atoms with Crippen LogP contribution in [-0.4, -0.2) is 35.9 Å². The molecule has 9 heteroatoms. The summed E-state index contributed by atoms with van der Waals surface area (Å²) < 4.78 is 17.4. The van der Waals surface area contributed by atoms with Crippen LogP contribution in [0.15, 0.2) is 30.6 Å². The Hall–Kier alpha value is -3.10. The third kappa shape index (κ3) is 3.44. The average molecular weight is 369 g/mol. The second-order valence-electron chi connectivity index (χ2n) is 7.68. The van der Waals surface area contributed by atoms with Crippen molar-refractivity contribution >= 4 is 11.6 Å². The maximum absolute atomic E-state index is 14.3. The van der Waals surface area contributed by atoms with Gasteiger partial charge in [-0.2, -0.15) is 5.10 Å². The van der Waals surface area contributed by atoms with Crippen LogP contribution in [0.1, 0.15) is 55.7 Å². The maximum Gasteiger partial charge on any atom is 0.274 e. The number of rotatable bonds is 4. The van der Waals surface area contributed by atoms with Gasteiger partial charge in [0.25, 0.3) is 5.91 Å². The second kappa shape index (κ2) is 6.26. The first-order chi connectivity index (χ1) is 12.8. The SMILES string of the molecule is CC(C)(C)n1nc(C2CC2)cc1C(=O)Nc1cc(-n2cnnn2)ccc1F. The second-order valence-corrected chi connectivity index (χ2v) is 7.68. The first-order valence-electron chi connectivity index (χ1n) is 8.77. The van der Waals surface area contributed by atoms with Crippen LogP contribution in [0, 0.1) is 5.82 Å². The molecule has 0 saturated heterocycles. The summed E-state index contributed by atoms with van der Waals surface area (Å²) in [6.07, 6.45) is 3.57. The number of hydrogen-bond acceptors (Lipinski definition) is 5. The van der Waals surface area contributed by atoms with Gasteiger partial charge in [0.1, 0.15) is 17.8 Å². The lowest BCUT2D eigenvalue weighted by Gasteiger charge is -2.22. The molecule has 4 rings (SSSR count). The van der Waals surface area contributed by atoms with E-state index in [0.717, 1.165) is 18.5 Å². The summed E-state index contributed by atoms with van der Waals surface area (Å²) in [6, 6.07) is 6.10. The average Bonchev–Trinajstić information content (AvgIpc) is 3.13. The number of tetrazole rings is 1. The van der Waals surface area contributed by atoms with E-state index in [1.807, 2.05) is 20.8 Å². The molecule has 1 aliphatic carbocycles. The van der Waals surface area contributed by atoms with Crippen LogP contribution in [0.5, 0.6) is 0 Å². The Morgan fingerprint density at radius 1 is 1.26 bits per heavy atom. The molecule has 0 aliphatic heterocycles. The summed E-state index contributed by atoms with van der Waals surface area (Å²) in [5.74, 6) is -0.526. The van der Waals surface area contributed by atoms with Gasteiger partial charge >= 0.3 is 0 Å². The lowest BCUT2D eigenvalue weighted by molar-refractivity contribution is 0.100. The molecule has 1 saturated carbocycles. The molecule has 3 aromatic rings. The molecule has 1 aliphatic rings. The smallest absolute Gasteiger partial charge is 0.274 e. The summed E-state index contributed by atoms with van der Waals surface area (Å²) in [4.78, 5) is 12.9. The molecule has 0 spiro atoms. The van der Waals surface area contributed by atoms with E-state index in [1.165, 1.54) is 29.2 Å². The van der Waals surface area contributed by atoms with Gasteiger partial charge in [-0.1, -0.05) is 0 Å². The predicted molar refractivity (Wildman–Crippen MR) is 96.3 cm³/mol. The van der Waals surface area contributed by atoms with E-state index in [9.17, 15) is 9.18 Å². The minimum atomic E-state index is -0.538. The molecular formula is C18H20FN7O. The number of nitrogens with zero attached hydrogens (tertiary/aromatic N) is 6. The fourth-order valence-corrected chi connectivity index (χ4v) is 2.87. The Morgan fingerprint density at radius 2 is 2.04 bits per heavy atom. The molecule has 0 radical (unpaired) electrons. The summed E-state index contributed by atoms with van der Waals surface area (Å²) >= 11 is 0. The molecular weight excluding hydrogens is 349 g/mol. The zero-order valence-electron chi connectivity index (χ0n) is 15.3. The van der Waals surface area contributed by atoms with E-state index in [1.54, 1.807) is 10.7 Å². The van der Waals surface area contributed by atoms with Crippen LogP contribution in [-0.2, 0) is 5.54 Å². The van der Waals surface area contributed by atoms with E-state index in [-0.39, 0.29) is 11.2 Å². The van der Waals surface area contributed by atoms with Crippen LogP contribution in [0.4, 0.5) is 10.1 Å². The zero-order valence-corrected chi connectivity index (χ0v) is 15.3. The maximum atomic E-state index is 14.3. The third-order valence-corrected chi connectivity index (χ3v) is 4.40. The normalized spacial score (nSPS) is 14.4. The first-order valence-corrected chi connectivity index (χ1v) is 8.77. The lowest BCUT2D eigenvalue weighted by atomic mass is 10.1. The number of amides is 1. The number of aromatic nitrogens is 6. The largest absolute Gasteiger partial charge is 0.318 e. The van der Waals surface area contributed by atoms with Gasteiger partial charge in [0.2, 0.25) is 0 Å². The molecule has 2 aromatic heterocycles. The van der Waals surface area contributed by atoms with Crippen molar-refractivity contribution in [2.45, 2.75) is 45.1 Å². The van der Waals surface area contributed by atoms with Crippen LogP contribution >= 0.6 is 0 Å². The lowest BCUT2D eigenvalue weighted by Crippen LogP contribution is -2.29. The standard InChI is InChI=1S/C18H20FN7O/c1-18(2,3)26-16(9-14(22-26)11-4-5-11)17(27)21-15-8-12(6-7-13(15)19)25-10-20-23-24-25/h6-11H,4-5H2,1-3H3,(H,21,27). The number of nitrogens with one attached hydrogen (secondary N) is 1. The van der Waals surface area contributed by atoms with Crippen LogP contribution in [0.3, 0.4) is 0 Å².